The van der Waals surface area contributed by atoms with Gasteiger partial charge in [-0.1, -0.05) is 39.8 Å². The second-order valence-corrected chi connectivity index (χ2v) is 4.23. The van der Waals surface area contributed by atoms with Gasteiger partial charge in [0, 0.05) is 19.8 Å². The lowest BCUT2D eigenvalue weighted by Gasteiger charge is -2.09. The molecule has 1 rings (SSSR count). The van der Waals surface area contributed by atoms with Gasteiger partial charge < -0.3 is 5.32 Å². The van der Waals surface area contributed by atoms with Gasteiger partial charge in [-0.2, -0.15) is 0 Å². The summed E-state index contributed by atoms with van der Waals surface area (Å²) in [4.78, 5) is 19.6. The molecule has 0 saturated heterocycles. The van der Waals surface area contributed by atoms with Crippen LogP contribution >= 0.6 is 0 Å². The Hall–Kier alpha value is -1.97. The number of amides is 1. The first-order valence-corrected chi connectivity index (χ1v) is 6.88. The van der Waals surface area contributed by atoms with Crippen LogP contribution in [0.1, 0.15) is 39.2 Å². The van der Waals surface area contributed by atoms with Crippen LogP contribution in [0.15, 0.2) is 34.3 Å². The minimum atomic E-state index is -0.246. The second kappa shape index (κ2) is 9.89. The van der Waals surface area contributed by atoms with E-state index in [9.17, 15) is 4.79 Å². The molecule has 0 aliphatic carbocycles. The lowest BCUT2D eigenvalue weighted by molar-refractivity contribution is -0.110. The van der Waals surface area contributed by atoms with Crippen LogP contribution in [0.4, 0.5) is 5.69 Å². The monoisotopic (exact) mass is 275 g/mol. The van der Waals surface area contributed by atoms with Crippen molar-refractivity contribution in [3.63, 3.8) is 0 Å². The molecule has 0 bridgehead atoms. The Balaban J connectivity index is 0.00000172. The summed E-state index contributed by atoms with van der Waals surface area (Å²) < 4.78 is 0. The number of anilines is 1. The van der Waals surface area contributed by atoms with Crippen molar-refractivity contribution in [1.29, 1.82) is 0 Å². The third kappa shape index (κ3) is 5.78. The van der Waals surface area contributed by atoms with E-state index in [0.717, 1.165) is 5.69 Å². The number of hydrogen-bond donors (Lipinski definition) is 1. The van der Waals surface area contributed by atoms with Crippen molar-refractivity contribution in [3.8, 4) is 0 Å². The summed E-state index contributed by atoms with van der Waals surface area (Å²) in [6.07, 6.45) is 1.45. The maximum atomic E-state index is 11.9. The fourth-order valence-electron chi connectivity index (χ4n) is 1.51. The van der Waals surface area contributed by atoms with Crippen LogP contribution in [0.2, 0.25) is 0 Å². The molecule has 0 aromatic heterocycles. The minimum absolute atomic E-state index is 0.246. The van der Waals surface area contributed by atoms with Crippen molar-refractivity contribution < 1.29 is 4.79 Å². The number of aliphatic imine (C=N–C) groups is 2. The van der Waals surface area contributed by atoms with Crippen LogP contribution in [0.3, 0.4) is 0 Å². The van der Waals surface area contributed by atoms with E-state index in [1.807, 2.05) is 38.1 Å². The smallest absolute Gasteiger partial charge is 0.275 e. The highest BCUT2D eigenvalue weighted by molar-refractivity contribution is 6.63. The van der Waals surface area contributed by atoms with Gasteiger partial charge >= 0.3 is 0 Å². The van der Waals surface area contributed by atoms with E-state index in [0.29, 0.717) is 11.6 Å². The van der Waals surface area contributed by atoms with Gasteiger partial charge in [-0.3, -0.25) is 14.8 Å². The standard InChI is InChI=1S/C14H19N3O.C2H6/c1-10(2)11-6-5-7-12(8-11)17-14(18)13(16-4)9-15-3;1-2/h5-10H,1-4H3,(H,17,18);1-2H3. The fourth-order valence-corrected chi connectivity index (χ4v) is 1.51. The van der Waals surface area contributed by atoms with Crippen molar-refractivity contribution in [1.82, 2.24) is 0 Å². The molecule has 4 nitrogen and oxygen atoms in total. The van der Waals surface area contributed by atoms with E-state index in [1.165, 1.54) is 11.8 Å². The highest BCUT2D eigenvalue weighted by atomic mass is 16.1. The molecule has 1 amide bonds. The van der Waals surface area contributed by atoms with Crippen LogP contribution in [0.25, 0.3) is 0 Å². The third-order valence-corrected chi connectivity index (χ3v) is 2.54. The van der Waals surface area contributed by atoms with Crippen molar-refractivity contribution in [2.24, 2.45) is 9.98 Å². The molecular formula is C16H25N3O. The van der Waals surface area contributed by atoms with E-state index < -0.39 is 0 Å². The molecule has 4 heteroatoms. The molecule has 0 aliphatic heterocycles. The van der Waals surface area contributed by atoms with Crippen LogP contribution < -0.4 is 5.32 Å². The molecule has 1 aromatic rings. The maximum absolute atomic E-state index is 11.9. The first-order chi connectivity index (χ1) is 9.58. The zero-order valence-electron chi connectivity index (χ0n) is 13.3. The van der Waals surface area contributed by atoms with Gasteiger partial charge in [0.05, 0.1) is 6.21 Å². The molecule has 0 radical (unpaired) electrons. The second-order valence-electron chi connectivity index (χ2n) is 4.23. The predicted molar refractivity (Wildman–Crippen MR) is 88.3 cm³/mol. The summed E-state index contributed by atoms with van der Waals surface area (Å²) in [6, 6.07) is 7.81. The van der Waals surface area contributed by atoms with E-state index in [-0.39, 0.29) is 5.91 Å². The van der Waals surface area contributed by atoms with Crippen molar-refractivity contribution in [2.45, 2.75) is 33.6 Å². The summed E-state index contributed by atoms with van der Waals surface area (Å²) in [6.45, 7) is 8.23. The first-order valence-electron chi connectivity index (χ1n) is 6.88. The molecule has 20 heavy (non-hydrogen) atoms. The van der Waals surface area contributed by atoms with Crippen LogP contribution in [-0.4, -0.2) is 31.9 Å². The highest BCUT2D eigenvalue weighted by Crippen LogP contribution is 2.18. The van der Waals surface area contributed by atoms with E-state index in [2.05, 4.69) is 29.1 Å². The molecule has 0 atom stereocenters. The zero-order chi connectivity index (χ0) is 15.5. The number of nitrogens with one attached hydrogen (secondary N) is 1. The SMILES string of the molecule is CC.CN=CC(=NC)C(=O)Nc1cccc(C(C)C)c1. The van der Waals surface area contributed by atoms with Crippen LogP contribution in [0, 0.1) is 0 Å². The average Bonchev–Trinajstić information content (AvgIpc) is 2.47. The minimum Gasteiger partial charge on any atom is -0.321 e. The molecular weight excluding hydrogens is 250 g/mol. The summed E-state index contributed by atoms with van der Waals surface area (Å²) >= 11 is 0. The van der Waals surface area contributed by atoms with E-state index >= 15 is 0 Å². The van der Waals surface area contributed by atoms with Gasteiger partial charge in [-0.15, -0.1) is 0 Å². The molecule has 0 heterocycles. The summed E-state index contributed by atoms with van der Waals surface area (Å²) in [5.74, 6) is 0.183. The van der Waals surface area contributed by atoms with Gasteiger partial charge in [-0.05, 0) is 23.6 Å². The molecule has 0 unspecified atom stereocenters. The lowest BCUT2D eigenvalue weighted by atomic mass is 10.0. The van der Waals surface area contributed by atoms with E-state index in [4.69, 9.17) is 0 Å². The molecule has 0 saturated carbocycles. The largest absolute Gasteiger partial charge is 0.321 e. The van der Waals surface area contributed by atoms with Crippen molar-refractivity contribution in [3.05, 3.63) is 29.8 Å². The van der Waals surface area contributed by atoms with Crippen LogP contribution in [-0.2, 0) is 4.79 Å². The lowest BCUT2D eigenvalue weighted by Crippen LogP contribution is -2.24. The first kappa shape index (κ1) is 18.0. The van der Waals surface area contributed by atoms with Crippen molar-refractivity contribution in [2.75, 3.05) is 19.4 Å². The Morgan fingerprint density at radius 2 is 1.90 bits per heavy atom. The molecule has 110 valence electrons. The molecule has 0 fully saturated rings. The number of nitrogens with zero attached hydrogens (tertiary/aromatic N) is 2. The topological polar surface area (TPSA) is 53.8 Å². The van der Waals surface area contributed by atoms with Gasteiger partial charge in [0.25, 0.3) is 5.91 Å². The Morgan fingerprint density at radius 1 is 1.25 bits per heavy atom. The summed E-state index contributed by atoms with van der Waals surface area (Å²) in [5, 5.41) is 2.81. The molecule has 1 N–H and O–H groups in total. The molecule has 0 spiro atoms. The quantitative estimate of drug-likeness (QED) is 0.839. The summed E-state index contributed by atoms with van der Waals surface area (Å²) in [5.41, 5.74) is 2.27. The Morgan fingerprint density at radius 3 is 2.40 bits per heavy atom. The van der Waals surface area contributed by atoms with Gasteiger partial charge in [0.1, 0.15) is 5.71 Å². The number of carbonyl (C=O) groups excluding carboxylic acids is 1. The molecule has 0 aliphatic rings. The molecule has 1 aromatic carbocycles. The normalized spacial score (nSPS) is 11.2. The van der Waals surface area contributed by atoms with Crippen LogP contribution in [0.5, 0.6) is 0 Å². The van der Waals surface area contributed by atoms with Gasteiger partial charge in [0.2, 0.25) is 0 Å². The third-order valence-electron chi connectivity index (χ3n) is 2.54. The van der Waals surface area contributed by atoms with Crippen molar-refractivity contribution >= 4 is 23.5 Å². The zero-order valence-corrected chi connectivity index (χ0v) is 13.3. The maximum Gasteiger partial charge on any atom is 0.275 e. The Kier molecular flexibility index (Phi) is 8.92. The Bertz CT molecular complexity index is 476. The number of hydrogen-bond acceptors (Lipinski definition) is 3. The number of benzene rings is 1. The summed E-state index contributed by atoms with van der Waals surface area (Å²) in [7, 11) is 3.18. The van der Waals surface area contributed by atoms with E-state index in [1.54, 1.807) is 14.1 Å². The number of rotatable bonds is 4. The average molecular weight is 275 g/mol. The van der Waals surface area contributed by atoms with Gasteiger partial charge in [-0.25, -0.2) is 0 Å². The Labute approximate surface area is 122 Å². The number of carbonyl (C=O) groups is 1. The van der Waals surface area contributed by atoms with Gasteiger partial charge in [0.15, 0.2) is 0 Å². The highest BCUT2D eigenvalue weighted by Gasteiger charge is 2.09. The fraction of sp³-hybridized carbons (Fsp3) is 0.438. The predicted octanol–water partition coefficient (Wildman–Crippen LogP) is 3.55.